The van der Waals surface area contributed by atoms with Crippen molar-refractivity contribution in [1.29, 1.82) is 5.26 Å². The van der Waals surface area contributed by atoms with E-state index in [1.807, 2.05) is 6.07 Å². The van der Waals surface area contributed by atoms with Crippen molar-refractivity contribution < 1.29 is 8.78 Å². The van der Waals surface area contributed by atoms with E-state index in [0.29, 0.717) is 16.1 Å². The van der Waals surface area contributed by atoms with Crippen molar-refractivity contribution in [3.63, 3.8) is 0 Å². The molecule has 0 amide bonds. The highest BCUT2D eigenvalue weighted by Crippen LogP contribution is 2.31. The number of rotatable bonds is 2. The predicted octanol–water partition coefficient (Wildman–Crippen LogP) is 4.39. The Morgan fingerprint density at radius 3 is 2.63 bits per heavy atom. The van der Waals surface area contributed by atoms with Gasteiger partial charge in [-0.1, -0.05) is 11.6 Å². The average molecular weight is 383 g/mol. The van der Waals surface area contributed by atoms with Crippen molar-refractivity contribution in [2.75, 3.05) is 0 Å². The summed E-state index contributed by atoms with van der Waals surface area (Å²) in [5.41, 5.74) is 0.0747. The second kappa shape index (κ2) is 6.34. The summed E-state index contributed by atoms with van der Waals surface area (Å²) < 4.78 is 29.4. The monoisotopic (exact) mass is 382 g/mol. The lowest BCUT2D eigenvalue weighted by atomic mass is 10.0. The van der Waals surface area contributed by atoms with E-state index in [2.05, 4.69) is 15.2 Å². The van der Waals surface area contributed by atoms with Gasteiger partial charge in [0.25, 0.3) is 0 Å². The van der Waals surface area contributed by atoms with Gasteiger partial charge in [-0.15, -0.1) is 0 Å². The lowest BCUT2D eigenvalue weighted by Gasteiger charge is -2.10. The summed E-state index contributed by atoms with van der Waals surface area (Å²) >= 11 is 6.16. The van der Waals surface area contributed by atoms with Gasteiger partial charge < -0.3 is 4.98 Å². The van der Waals surface area contributed by atoms with Gasteiger partial charge in [0.05, 0.1) is 39.5 Å². The van der Waals surface area contributed by atoms with Gasteiger partial charge in [0, 0.05) is 22.8 Å². The maximum Gasteiger partial charge on any atom is 0.193 e. The maximum atomic E-state index is 14.9. The molecule has 4 aromatic rings. The molecular formula is C19H9ClF2N4O. The van der Waals surface area contributed by atoms with Crippen LogP contribution >= 0.6 is 11.6 Å². The minimum atomic E-state index is -0.987. The fourth-order valence-electron chi connectivity index (χ4n) is 2.93. The third-order valence-electron chi connectivity index (χ3n) is 4.17. The first kappa shape index (κ1) is 16.9. The highest BCUT2D eigenvalue weighted by molar-refractivity contribution is 6.33. The van der Waals surface area contributed by atoms with Gasteiger partial charge in [-0.3, -0.25) is 9.89 Å². The third-order valence-corrected chi connectivity index (χ3v) is 4.49. The Kier molecular flexibility index (Phi) is 3.98. The molecule has 0 unspecified atom stereocenters. The van der Waals surface area contributed by atoms with Crippen LogP contribution in [-0.4, -0.2) is 15.2 Å². The topological polar surface area (TPSA) is 85.3 Å². The number of aromatic amines is 2. The Balaban J connectivity index is 2.01. The van der Waals surface area contributed by atoms with Crippen LogP contribution in [0.25, 0.3) is 33.4 Å². The SMILES string of the molecule is N#Cc1ccc(Cl)c(-c2cc(=O)c3c(F)c(-c4ccn[nH]4)c(F)cc3[nH]2)c1. The minimum Gasteiger partial charge on any atom is -0.354 e. The van der Waals surface area contributed by atoms with Crippen LogP contribution < -0.4 is 5.43 Å². The second-order valence-electron chi connectivity index (χ2n) is 5.79. The number of nitrogens with zero attached hydrogens (tertiary/aromatic N) is 2. The smallest absolute Gasteiger partial charge is 0.193 e. The summed E-state index contributed by atoms with van der Waals surface area (Å²) in [5.74, 6) is -1.84. The minimum absolute atomic E-state index is 0.0193. The van der Waals surface area contributed by atoms with Crippen molar-refractivity contribution in [3.8, 4) is 28.6 Å². The van der Waals surface area contributed by atoms with E-state index in [-0.39, 0.29) is 27.9 Å². The molecule has 0 aliphatic carbocycles. The molecule has 2 aromatic heterocycles. The number of hydrogen-bond donors (Lipinski definition) is 2. The van der Waals surface area contributed by atoms with E-state index in [9.17, 15) is 13.6 Å². The van der Waals surface area contributed by atoms with Crippen molar-refractivity contribution >= 4 is 22.5 Å². The molecule has 8 heteroatoms. The molecule has 0 aliphatic rings. The van der Waals surface area contributed by atoms with E-state index in [1.165, 1.54) is 36.5 Å². The zero-order chi connectivity index (χ0) is 19.1. The van der Waals surface area contributed by atoms with Crippen LogP contribution in [0.1, 0.15) is 5.56 Å². The first-order valence-corrected chi connectivity index (χ1v) is 8.12. The molecule has 4 rings (SSSR count). The predicted molar refractivity (Wildman–Crippen MR) is 97.2 cm³/mol. The van der Waals surface area contributed by atoms with Crippen molar-refractivity contribution in [2.45, 2.75) is 0 Å². The average Bonchev–Trinajstić information content (AvgIpc) is 3.15. The summed E-state index contributed by atoms with van der Waals surface area (Å²) in [6.07, 6.45) is 1.36. The lowest BCUT2D eigenvalue weighted by molar-refractivity contribution is 0.596. The van der Waals surface area contributed by atoms with Crippen molar-refractivity contribution in [2.24, 2.45) is 0 Å². The molecule has 2 heterocycles. The number of benzene rings is 2. The molecule has 0 aliphatic heterocycles. The van der Waals surface area contributed by atoms with Crippen LogP contribution in [0.2, 0.25) is 5.02 Å². The second-order valence-corrected chi connectivity index (χ2v) is 6.20. The number of fused-ring (bicyclic) bond motifs is 1. The van der Waals surface area contributed by atoms with E-state index in [1.54, 1.807) is 0 Å². The lowest BCUT2D eigenvalue weighted by Crippen LogP contribution is -2.08. The van der Waals surface area contributed by atoms with E-state index in [4.69, 9.17) is 16.9 Å². The first-order valence-electron chi connectivity index (χ1n) is 7.74. The summed E-state index contributed by atoms with van der Waals surface area (Å²) in [5, 5.41) is 15.2. The Morgan fingerprint density at radius 1 is 1.11 bits per heavy atom. The normalized spacial score (nSPS) is 10.9. The number of pyridine rings is 1. The molecule has 0 atom stereocenters. The van der Waals surface area contributed by atoms with Gasteiger partial charge >= 0.3 is 0 Å². The molecular weight excluding hydrogens is 374 g/mol. The van der Waals surface area contributed by atoms with Crippen LogP contribution in [0.3, 0.4) is 0 Å². The van der Waals surface area contributed by atoms with Crippen molar-refractivity contribution in [1.82, 2.24) is 15.2 Å². The molecule has 2 N–H and O–H groups in total. The van der Waals surface area contributed by atoms with Crippen LogP contribution in [0.5, 0.6) is 0 Å². The van der Waals surface area contributed by atoms with E-state index in [0.717, 1.165) is 6.07 Å². The van der Waals surface area contributed by atoms with Crippen LogP contribution in [0.4, 0.5) is 8.78 Å². The zero-order valence-corrected chi connectivity index (χ0v) is 14.2. The quantitative estimate of drug-likeness (QED) is 0.539. The Labute approximate surface area is 155 Å². The summed E-state index contributed by atoms with van der Waals surface area (Å²) in [7, 11) is 0. The highest BCUT2D eigenvalue weighted by Gasteiger charge is 2.20. The number of nitriles is 1. The highest BCUT2D eigenvalue weighted by atomic mass is 35.5. The molecule has 0 fully saturated rings. The molecule has 0 bridgehead atoms. The number of aromatic nitrogens is 3. The first-order chi connectivity index (χ1) is 13.0. The molecule has 0 saturated heterocycles. The zero-order valence-electron chi connectivity index (χ0n) is 13.5. The Morgan fingerprint density at radius 2 is 1.93 bits per heavy atom. The Bertz CT molecular complexity index is 1290. The molecule has 27 heavy (non-hydrogen) atoms. The van der Waals surface area contributed by atoms with Gasteiger partial charge in [0.2, 0.25) is 0 Å². The van der Waals surface area contributed by atoms with Gasteiger partial charge in [-0.05, 0) is 30.3 Å². The van der Waals surface area contributed by atoms with Gasteiger partial charge in [0.15, 0.2) is 5.43 Å². The summed E-state index contributed by atoms with van der Waals surface area (Å²) in [6.45, 7) is 0. The summed E-state index contributed by atoms with van der Waals surface area (Å²) in [4.78, 5) is 15.4. The summed E-state index contributed by atoms with van der Waals surface area (Å²) in [6, 6.07) is 10.1. The number of nitrogens with one attached hydrogen (secondary N) is 2. The fourth-order valence-corrected chi connectivity index (χ4v) is 3.15. The van der Waals surface area contributed by atoms with E-state index < -0.39 is 17.1 Å². The van der Waals surface area contributed by atoms with Crippen LogP contribution in [0.15, 0.2) is 47.4 Å². The van der Waals surface area contributed by atoms with Crippen LogP contribution in [-0.2, 0) is 0 Å². The molecule has 132 valence electrons. The van der Waals surface area contributed by atoms with Gasteiger partial charge in [-0.25, -0.2) is 8.78 Å². The Hall–Kier alpha value is -3.50. The largest absolute Gasteiger partial charge is 0.354 e. The molecule has 0 radical (unpaired) electrons. The van der Waals surface area contributed by atoms with Gasteiger partial charge in [0.1, 0.15) is 11.6 Å². The van der Waals surface area contributed by atoms with E-state index >= 15 is 0 Å². The fraction of sp³-hybridized carbons (Fsp3) is 0. The number of halogens is 3. The maximum absolute atomic E-state index is 14.9. The third kappa shape index (κ3) is 2.76. The number of H-pyrrole nitrogens is 2. The molecule has 5 nitrogen and oxygen atoms in total. The standard InChI is InChI=1S/C19H9ClF2N4O/c20-11-2-1-9(8-23)5-10(11)14-7-16(27)18-15(25-14)6-12(21)17(19(18)22)13-3-4-24-26-13/h1-7H,(H,24,26)(H,25,27). The molecule has 2 aromatic carbocycles. The van der Waals surface area contributed by atoms with Gasteiger partial charge in [-0.2, -0.15) is 10.4 Å². The molecule has 0 spiro atoms. The number of hydrogen-bond acceptors (Lipinski definition) is 3. The van der Waals surface area contributed by atoms with Crippen LogP contribution in [0, 0.1) is 23.0 Å². The molecule has 0 saturated carbocycles. The van der Waals surface area contributed by atoms with Crippen molar-refractivity contribution in [3.05, 3.63) is 75.0 Å².